The number of nitrogens with two attached hydrogens (primary N) is 2. The molecule has 0 aliphatic carbocycles. The molecule has 0 spiro atoms. The van der Waals surface area contributed by atoms with E-state index >= 15 is 0 Å². The number of para-hydroxylation sites is 1. The Morgan fingerprint density at radius 2 is 2.12 bits per heavy atom. The molecule has 17 heavy (non-hydrogen) atoms. The van der Waals surface area contributed by atoms with E-state index in [1.807, 2.05) is 6.07 Å². The lowest BCUT2D eigenvalue weighted by atomic mass is 10.2. The molecule has 6 heteroatoms. The molecular formula is C11H16N2O4. The molecule has 0 aliphatic heterocycles. The minimum atomic E-state index is -1.05. The molecule has 1 aromatic rings. The molecule has 1 atom stereocenters. The number of carbonyl (C=O) groups excluding carboxylic acids is 1. The first-order valence-corrected chi connectivity index (χ1v) is 4.83. The Kier molecular flexibility index (Phi) is 7.32. The quantitative estimate of drug-likeness (QED) is 0.631. The molecule has 0 saturated heterocycles. The van der Waals surface area contributed by atoms with Crippen LogP contribution < -0.4 is 16.2 Å². The molecule has 5 N–H and O–H groups in total. The fourth-order valence-electron chi connectivity index (χ4n) is 0.865. The van der Waals surface area contributed by atoms with Crippen LogP contribution in [0.4, 0.5) is 0 Å². The molecule has 0 radical (unpaired) electrons. The lowest BCUT2D eigenvalue weighted by Crippen LogP contribution is -2.37. The molecule has 0 amide bonds. The molecule has 0 aromatic heterocycles. The second kappa shape index (κ2) is 8.26. The summed E-state index contributed by atoms with van der Waals surface area (Å²) in [5, 5.41) is 7.98. The number of carbonyl (C=O) groups is 2. The molecular weight excluding hydrogens is 224 g/mol. The summed E-state index contributed by atoms with van der Waals surface area (Å²) in [7, 11) is 1.54. The Hall–Kier alpha value is -1.92. The highest BCUT2D eigenvalue weighted by atomic mass is 16.5. The van der Waals surface area contributed by atoms with Crippen LogP contribution in [0.3, 0.4) is 0 Å². The SMILES string of the molecule is COc1ccccc1C=O.NCC(N)C(=O)O. The second-order valence-corrected chi connectivity index (χ2v) is 3.04. The average molecular weight is 240 g/mol. The Labute approximate surface area is 99.2 Å². The first-order valence-electron chi connectivity index (χ1n) is 4.83. The van der Waals surface area contributed by atoms with Crippen molar-refractivity contribution in [1.82, 2.24) is 0 Å². The Morgan fingerprint density at radius 3 is 2.41 bits per heavy atom. The molecule has 1 aromatic carbocycles. The molecule has 0 aliphatic rings. The number of benzene rings is 1. The van der Waals surface area contributed by atoms with Gasteiger partial charge in [0.15, 0.2) is 6.29 Å². The van der Waals surface area contributed by atoms with Gasteiger partial charge >= 0.3 is 5.97 Å². The van der Waals surface area contributed by atoms with Crippen LogP contribution in [0.25, 0.3) is 0 Å². The van der Waals surface area contributed by atoms with Gasteiger partial charge in [0.25, 0.3) is 0 Å². The minimum absolute atomic E-state index is 0.00463. The summed E-state index contributed by atoms with van der Waals surface area (Å²) in [6.07, 6.45) is 0.777. The van der Waals surface area contributed by atoms with Crippen LogP contribution in [0.2, 0.25) is 0 Å². The summed E-state index contributed by atoms with van der Waals surface area (Å²) in [6.45, 7) is -0.00463. The van der Waals surface area contributed by atoms with E-state index in [-0.39, 0.29) is 6.54 Å². The van der Waals surface area contributed by atoms with Crippen molar-refractivity contribution in [2.45, 2.75) is 6.04 Å². The van der Waals surface area contributed by atoms with Gasteiger partial charge in [-0.3, -0.25) is 9.59 Å². The second-order valence-electron chi connectivity index (χ2n) is 3.04. The number of ether oxygens (including phenoxy) is 1. The average Bonchev–Trinajstić information content (AvgIpc) is 2.38. The maximum Gasteiger partial charge on any atom is 0.321 e. The first kappa shape index (κ1) is 15.1. The van der Waals surface area contributed by atoms with E-state index < -0.39 is 12.0 Å². The Balaban J connectivity index is 0.000000325. The Bertz CT molecular complexity index is 368. The lowest BCUT2D eigenvalue weighted by Gasteiger charge is -1.99. The highest BCUT2D eigenvalue weighted by molar-refractivity contribution is 5.79. The standard InChI is InChI=1S/C8H8O2.C3H8N2O2/c1-10-8-5-3-2-4-7(8)6-9;4-1-2(5)3(6)7/h2-6H,1H3;2H,1,4-5H2,(H,6,7). The van der Waals surface area contributed by atoms with Gasteiger partial charge in [0.1, 0.15) is 11.8 Å². The van der Waals surface area contributed by atoms with E-state index in [0.29, 0.717) is 11.3 Å². The number of carboxylic acids is 1. The van der Waals surface area contributed by atoms with Crippen molar-refractivity contribution in [2.24, 2.45) is 11.5 Å². The number of hydrogen-bond acceptors (Lipinski definition) is 5. The molecule has 1 rings (SSSR count). The van der Waals surface area contributed by atoms with Gasteiger partial charge in [0, 0.05) is 6.54 Å². The summed E-state index contributed by atoms with van der Waals surface area (Å²) in [5.41, 5.74) is 10.3. The predicted octanol–water partition coefficient (Wildman–Crippen LogP) is -0.135. The zero-order valence-electron chi connectivity index (χ0n) is 9.50. The lowest BCUT2D eigenvalue weighted by molar-refractivity contribution is -0.138. The summed E-state index contributed by atoms with van der Waals surface area (Å²) >= 11 is 0. The Morgan fingerprint density at radius 1 is 1.53 bits per heavy atom. The van der Waals surface area contributed by atoms with E-state index in [4.69, 9.17) is 21.3 Å². The third kappa shape index (κ3) is 5.64. The van der Waals surface area contributed by atoms with Crippen LogP contribution in [-0.2, 0) is 4.79 Å². The van der Waals surface area contributed by atoms with Crippen LogP contribution in [0.5, 0.6) is 5.75 Å². The van der Waals surface area contributed by atoms with E-state index in [9.17, 15) is 9.59 Å². The molecule has 0 bridgehead atoms. The van der Waals surface area contributed by atoms with Crippen molar-refractivity contribution in [3.63, 3.8) is 0 Å². The van der Waals surface area contributed by atoms with Crippen molar-refractivity contribution >= 4 is 12.3 Å². The maximum absolute atomic E-state index is 10.3. The minimum Gasteiger partial charge on any atom is -0.496 e. The largest absolute Gasteiger partial charge is 0.496 e. The van der Waals surface area contributed by atoms with Crippen molar-refractivity contribution in [3.8, 4) is 5.75 Å². The molecule has 6 nitrogen and oxygen atoms in total. The van der Waals surface area contributed by atoms with Gasteiger partial charge in [-0.15, -0.1) is 0 Å². The monoisotopic (exact) mass is 240 g/mol. The topological polar surface area (TPSA) is 116 Å². The van der Waals surface area contributed by atoms with Crippen LogP contribution in [-0.4, -0.2) is 37.1 Å². The summed E-state index contributed by atoms with van der Waals surface area (Å²) in [5.74, 6) is -0.431. The van der Waals surface area contributed by atoms with E-state index in [1.54, 1.807) is 25.3 Å². The van der Waals surface area contributed by atoms with Gasteiger partial charge in [-0.1, -0.05) is 12.1 Å². The van der Waals surface area contributed by atoms with Crippen LogP contribution in [0.1, 0.15) is 10.4 Å². The number of carboxylic acid groups (broad SMARTS) is 1. The van der Waals surface area contributed by atoms with Crippen molar-refractivity contribution < 1.29 is 19.4 Å². The molecule has 0 fully saturated rings. The van der Waals surface area contributed by atoms with Crippen LogP contribution >= 0.6 is 0 Å². The number of aldehydes is 1. The highest BCUT2D eigenvalue weighted by Gasteiger charge is 2.05. The third-order valence-electron chi connectivity index (χ3n) is 1.84. The third-order valence-corrected chi connectivity index (χ3v) is 1.84. The zero-order valence-corrected chi connectivity index (χ0v) is 9.50. The van der Waals surface area contributed by atoms with Crippen molar-refractivity contribution in [1.29, 1.82) is 0 Å². The summed E-state index contributed by atoms with van der Waals surface area (Å²) in [6, 6.07) is 6.19. The smallest absolute Gasteiger partial charge is 0.321 e. The molecule has 1 unspecified atom stereocenters. The van der Waals surface area contributed by atoms with Gasteiger partial charge in [-0.05, 0) is 12.1 Å². The molecule has 0 saturated carbocycles. The molecule has 0 heterocycles. The summed E-state index contributed by atoms with van der Waals surface area (Å²) < 4.78 is 4.90. The summed E-state index contributed by atoms with van der Waals surface area (Å²) in [4.78, 5) is 20.0. The van der Waals surface area contributed by atoms with Crippen molar-refractivity contribution in [2.75, 3.05) is 13.7 Å². The van der Waals surface area contributed by atoms with Gasteiger partial charge in [-0.25, -0.2) is 0 Å². The van der Waals surface area contributed by atoms with Gasteiger partial charge in [0.2, 0.25) is 0 Å². The first-order chi connectivity index (χ1) is 8.06. The number of methoxy groups -OCH3 is 1. The fraction of sp³-hybridized carbons (Fsp3) is 0.273. The van der Waals surface area contributed by atoms with Crippen LogP contribution in [0.15, 0.2) is 24.3 Å². The van der Waals surface area contributed by atoms with Gasteiger partial charge in [-0.2, -0.15) is 0 Å². The van der Waals surface area contributed by atoms with Crippen molar-refractivity contribution in [3.05, 3.63) is 29.8 Å². The van der Waals surface area contributed by atoms with Crippen LogP contribution in [0, 0.1) is 0 Å². The maximum atomic E-state index is 10.3. The number of aliphatic carboxylic acids is 1. The van der Waals surface area contributed by atoms with E-state index in [0.717, 1.165) is 6.29 Å². The number of rotatable bonds is 4. The predicted molar refractivity (Wildman–Crippen MR) is 63.0 cm³/mol. The highest BCUT2D eigenvalue weighted by Crippen LogP contribution is 2.13. The normalized spacial score (nSPS) is 10.8. The fourth-order valence-corrected chi connectivity index (χ4v) is 0.865. The van der Waals surface area contributed by atoms with E-state index in [2.05, 4.69) is 0 Å². The molecule has 94 valence electrons. The zero-order chi connectivity index (χ0) is 13.3. The number of hydrogen-bond donors (Lipinski definition) is 3. The van der Waals surface area contributed by atoms with Gasteiger partial charge < -0.3 is 21.3 Å². The van der Waals surface area contributed by atoms with Gasteiger partial charge in [0.05, 0.1) is 12.7 Å². The van der Waals surface area contributed by atoms with E-state index in [1.165, 1.54) is 0 Å².